The van der Waals surface area contributed by atoms with Crippen LogP contribution in [0.5, 0.6) is 0 Å². The van der Waals surface area contributed by atoms with E-state index in [0.29, 0.717) is 6.04 Å². The Morgan fingerprint density at radius 2 is 1.75 bits per heavy atom. The van der Waals surface area contributed by atoms with Crippen molar-refractivity contribution in [2.24, 2.45) is 0 Å². The van der Waals surface area contributed by atoms with Crippen molar-refractivity contribution in [3.8, 4) is 11.1 Å². The molecule has 1 aliphatic heterocycles. The van der Waals surface area contributed by atoms with Crippen molar-refractivity contribution in [1.82, 2.24) is 5.32 Å². The Kier molecular flexibility index (Phi) is 4.85. The van der Waals surface area contributed by atoms with Crippen molar-refractivity contribution in [3.63, 3.8) is 0 Å². The maximum atomic E-state index is 3.55. The van der Waals surface area contributed by atoms with E-state index in [1.54, 1.807) is 0 Å². The van der Waals surface area contributed by atoms with Gasteiger partial charge in [0.05, 0.1) is 0 Å². The Hall–Kier alpha value is -1.31. The van der Waals surface area contributed by atoms with E-state index in [1.807, 2.05) is 0 Å². The second-order valence-corrected chi connectivity index (χ2v) is 5.52. The smallest absolute Gasteiger partial charge is 0.0320 e. The van der Waals surface area contributed by atoms with E-state index in [-0.39, 0.29) is 12.4 Å². The predicted octanol–water partition coefficient (Wildman–Crippen LogP) is 4.82. The molecule has 0 aliphatic carbocycles. The number of rotatable bonds is 2. The van der Waals surface area contributed by atoms with Gasteiger partial charge < -0.3 is 5.32 Å². The topological polar surface area (TPSA) is 12.0 Å². The maximum Gasteiger partial charge on any atom is 0.0320 e. The van der Waals surface area contributed by atoms with Crippen LogP contribution in [-0.2, 0) is 0 Å². The Labute approximate surface area is 127 Å². The number of benzene rings is 2. The van der Waals surface area contributed by atoms with E-state index in [2.05, 4.69) is 61.6 Å². The number of aryl methyl sites for hydroxylation is 1. The third kappa shape index (κ3) is 2.89. The summed E-state index contributed by atoms with van der Waals surface area (Å²) in [7, 11) is 0. The Bertz CT molecular complexity index is 568. The molecule has 0 amide bonds. The lowest BCUT2D eigenvalue weighted by atomic mass is 9.95. The molecule has 1 fully saturated rings. The zero-order valence-electron chi connectivity index (χ0n) is 12.1. The van der Waals surface area contributed by atoms with Gasteiger partial charge in [0.15, 0.2) is 0 Å². The molecule has 2 aromatic carbocycles. The van der Waals surface area contributed by atoms with Crippen LogP contribution in [0, 0.1) is 13.8 Å². The average Bonchev–Trinajstić information content (AvgIpc) is 2.96. The first kappa shape index (κ1) is 15.1. The molecule has 2 heteroatoms. The van der Waals surface area contributed by atoms with Crippen LogP contribution in [0.3, 0.4) is 0 Å². The van der Waals surface area contributed by atoms with E-state index < -0.39 is 0 Å². The van der Waals surface area contributed by atoms with Crippen LogP contribution in [0.25, 0.3) is 11.1 Å². The summed E-state index contributed by atoms with van der Waals surface area (Å²) in [6, 6.07) is 16.2. The summed E-state index contributed by atoms with van der Waals surface area (Å²) in [5, 5.41) is 3.55. The van der Waals surface area contributed by atoms with E-state index in [0.717, 1.165) is 6.54 Å². The highest BCUT2D eigenvalue weighted by atomic mass is 35.5. The average molecular weight is 288 g/mol. The van der Waals surface area contributed by atoms with Gasteiger partial charge in [-0.25, -0.2) is 0 Å². The molecular weight excluding hydrogens is 266 g/mol. The third-order valence-electron chi connectivity index (χ3n) is 4.29. The van der Waals surface area contributed by atoms with Crippen LogP contribution in [0.1, 0.15) is 35.6 Å². The fourth-order valence-electron chi connectivity index (χ4n) is 2.93. The van der Waals surface area contributed by atoms with Gasteiger partial charge in [0.2, 0.25) is 0 Å². The SMILES string of the molecule is Cc1cccc(-c2ccc(C3CCCN3)cc2)c1C.Cl. The highest BCUT2D eigenvalue weighted by molar-refractivity contribution is 5.85. The van der Waals surface area contributed by atoms with Crippen LogP contribution >= 0.6 is 12.4 Å². The molecule has 0 bridgehead atoms. The molecule has 0 saturated carbocycles. The third-order valence-corrected chi connectivity index (χ3v) is 4.29. The summed E-state index contributed by atoms with van der Waals surface area (Å²) in [5.74, 6) is 0. The van der Waals surface area contributed by atoms with Crippen molar-refractivity contribution >= 4 is 12.4 Å². The summed E-state index contributed by atoms with van der Waals surface area (Å²) in [6.45, 7) is 5.54. The van der Waals surface area contributed by atoms with Crippen LogP contribution in [-0.4, -0.2) is 6.54 Å². The number of hydrogen-bond acceptors (Lipinski definition) is 1. The highest BCUT2D eigenvalue weighted by Crippen LogP contribution is 2.28. The molecule has 1 saturated heterocycles. The first-order valence-corrected chi connectivity index (χ1v) is 7.15. The minimum absolute atomic E-state index is 0. The van der Waals surface area contributed by atoms with E-state index in [1.165, 1.54) is 40.7 Å². The highest BCUT2D eigenvalue weighted by Gasteiger charge is 2.15. The summed E-state index contributed by atoms with van der Waals surface area (Å²) in [4.78, 5) is 0. The molecule has 20 heavy (non-hydrogen) atoms. The van der Waals surface area contributed by atoms with Crippen molar-refractivity contribution in [2.75, 3.05) is 6.54 Å². The number of halogens is 1. The minimum Gasteiger partial charge on any atom is -0.310 e. The lowest BCUT2D eigenvalue weighted by Crippen LogP contribution is -2.12. The van der Waals surface area contributed by atoms with Gasteiger partial charge in [0.1, 0.15) is 0 Å². The van der Waals surface area contributed by atoms with Gasteiger partial charge in [-0.3, -0.25) is 0 Å². The van der Waals surface area contributed by atoms with Gasteiger partial charge in [0, 0.05) is 6.04 Å². The standard InChI is InChI=1S/C18H21N.ClH/c1-13-5-3-6-17(14(13)2)15-8-10-16(11-9-15)18-7-4-12-19-18;/h3,5-6,8-11,18-19H,4,7,12H2,1-2H3;1H. The second kappa shape index (κ2) is 6.43. The minimum atomic E-state index is 0. The maximum absolute atomic E-state index is 3.55. The van der Waals surface area contributed by atoms with Crippen molar-refractivity contribution in [1.29, 1.82) is 0 Å². The number of nitrogens with one attached hydrogen (secondary N) is 1. The lowest BCUT2D eigenvalue weighted by molar-refractivity contribution is 0.648. The molecule has 2 aromatic rings. The summed E-state index contributed by atoms with van der Waals surface area (Å²) < 4.78 is 0. The van der Waals surface area contributed by atoms with Gasteiger partial charge in [-0.2, -0.15) is 0 Å². The Balaban J connectivity index is 0.00000147. The molecule has 1 aliphatic rings. The van der Waals surface area contributed by atoms with E-state index in [9.17, 15) is 0 Å². The molecule has 1 heterocycles. The quantitative estimate of drug-likeness (QED) is 0.835. The van der Waals surface area contributed by atoms with Gasteiger partial charge in [-0.05, 0) is 61.1 Å². The second-order valence-electron chi connectivity index (χ2n) is 5.52. The first-order chi connectivity index (χ1) is 9.25. The monoisotopic (exact) mass is 287 g/mol. The molecule has 0 aromatic heterocycles. The van der Waals surface area contributed by atoms with Crippen molar-refractivity contribution < 1.29 is 0 Å². The first-order valence-electron chi connectivity index (χ1n) is 7.15. The normalized spacial score (nSPS) is 17.8. The molecule has 106 valence electrons. The zero-order valence-corrected chi connectivity index (χ0v) is 13.0. The van der Waals surface area contributed by atoms with Gasteiger partial charge >= 0.3 is 0 Å². The molecule has 1 nitrogen and oxygen atoms in total. The Morgan fingerprint density at radius 1 is 1.00 bits per heavy atom. The summed E-state index contributed by atoms with van der Waals surface area (Å²) in [5.41, 5.74) is 6.84. The van der Waals surface area contributed by atoms with Crippen molar-refractivity contribution in [2.45, 2.75) is 32.7 Å². The number of hydrogen-bond donors (Lipinski definition) is 1. The van der Waals surface area contributed by atoms with Gasteiger partial charge in [-0.1, -0.05) is 42.5 Å². The molecule has 1 N–H and O–H groups in total. The largest absolute Gasteiger partial charge is 0.310 e. The predicted molar refractivity (Wildman–Crippen MR) is 88.6 cm³/mol. The zero-order chi connectivity index (χ0) is 13.2. The van der Waals surface area contributed by atoms with Gasteiger partial charge in [-0.15, -0.1) is 12.4 Å². The Morgan fingerprint density at radius 3 is 2.40 bits per heavy atom. The molecular formula is C18H22ClN. The van der Waals surface area contributed by atoms with E-state index >= 15 is 0 Å². The molecule has 1 atom stereocenters. The summed E-state index contributed by atoms with van der Waals surface area (Å²) in [6.07, 6.45) is 2.56. The molecule has 0 radical (unpaired) electrons. The van der Waals surface area contributed by atoms with Gasteiger partial charge in [0.25, 0.3) is 0 Å². The van der Waals surface area contributed by atoms with E-state index in [4.69, 9.17) is 0 Å². The fraction of sp³-hybridized carbons (Fsp3) is 0.333. The lowest BCUT2D eigenvalue weighted by Gasteiger charge is -2.13. The van der Waals surface area contributed by atoms with Crippen LogP contribution in [0.2, 0.25) is 0 Å². The van der Waals surface area contributed by atoms with Crippen LogP contribution < -0.4 is 5.32 Å². The summed E-state index contributed by atoms with van der Waals surface area (Å²) >= 11 is 0. The molecule has 3 rings (SSSR count). The molecule has 0 spiro atoms. The van der Waals surface area contributed by atoms with Crippen molar-refractivity contribution in [3.05, 3.63) is 59.2 Å². The molecule has 1 unspecified atom stereocenters. The van der Waals surface area contributed by atoms with Crippen LogP contribution in [0.4, 0.5) is 0 Å². The van der Waals surface area contributed by atoms with Crippen LogP contribution in [0.15, 0.2) is 42.5 Å². The fourth-order valence-corrected chi connectivity index (χ4v) is 2.93.